The van der Waals surface area contributed by atoms with Gasteiger partial charge in [-0.15, -0.1) is 11.3 Å². The molecule has 2 aliphatic rings. The normalized spacial score (nSPS) is 18.2. The zero-order valence-corrected chi connectivity index (χ0v) is 16.2. The van der Waals surface area contributed by atoms with E-state index in [0.717, 1.165) is 30.9 Å². The van der Waals surface area contributed by atoms with Gasteiger partial charge in [-0.3, -0.25) is 0 Å². The number of aromatic nitrogens is 1. The van der Waals surface area contributed by atoms with E-state index in [1.807, 2.05) is 17.4 Å². The molecule has 0 fully saturated rings. The van der Waals surface area contributed by atoms with E-state index in [-0.39, 0.29) is 0 Å². The lowest BCUT2D eigenvalue weighted by atomic mass is 9.82. The third-order valence-corrected chi connectivity index (χ3v) is 7.35. The van der Waals surface area contributed by atoms with Gasteiger partial charge in [-0.05, 0) is 66.8 Å². The van der Waals surface area contributed by atoms with Crippen molar-refractivity contribution in [1.82, 2.24) is 4.98 Å². The number of furan rings is 1. The van der Waals surface area contributed by atoms with E-state index in [1.165, 1.54) is 56.6 Å². The number of thiophene rings is 1. The lowest BCUT2D eigenvalue weighted by molar-refractivity contribution is 0.509. The maximum absolute atomic E-state index is 5.97. The summed E-state index contributed by atoms with van der Waals surface area (Å²) in [6.45, 7) is 2.37. The lowest BCUT2D eigenvalue weighted by Gasteiger charge is -2.23. The van der Waals surface area contributed by atoms with Crippen molar-refractivity contribution in [3.63, 3.8) is 0 Å². The van der Waals surface area contributed by atoms with Gasteiger partial charge in [0.15, 0.2) is 0 Å². The van der Waals surface area contributed by atoms with Gasteiger partial charge in [-0.25, -0.2) is 4.98 Å². The number of nitrogens with zero attached hydrogens (tertiary/aromatic N) is 1. The van der Waals surface area contributed by atoms with Crippen LogP contribution in [0.5, 0.6) is 0 Å². The topological polar surface area (TPSA) is 26.0 Å². The Morgan fingerprint density at radius 3 is 2.85 bits per heavy atom. The van der Waals surface area contributed by atoms with Crippen molar-refractivity contribution in [3.8, 4) is 22.5 Å². The summed E-state index contributed by atoms with van der Waals surface area (Å²) in [5, 5.41) is 1.35. The smallest absolute Gasteiger partial charge is 0.135 e. The molecule has 3 heterocycles. The van der Waals surface area contributed by atoms with Gasteiger partial charge in [-0.2, -0.15) is 0 Å². The molecule has 1 atom stereocenters. The molecule has 3 heteroatoms. The van der Waals surface area contributed by atoms with Crippen LogP contribution in [0.15, 0.2) is 47.1 Å². The highest BCUT2D eigenvalue weighted by molar-refractivity contribution is 7.19. The summed E-state index contributed by atoms with van der Waals surface area (Å²) in [7, 11) is 0. The van der Waals surface area contributed by atoms with Crippen LogP contribution in [0.2, 0.25) is 0 Å². The van der Waals surface area contributed by atoms with E-state index in [4.69, 9.17) is 9.40 Å². The number of pyridine rings is 1. The first-order chi connectivity index (χ1) is 13.3. The summed E-state index contributed by atoms with van der Waals surface area (Å²) in [4.78, 5) is 7.94. The molecular weight excluding hydrogens is 350 g/mol. The highest BCUT2D eigenvalue weighted by Crippen LogP contribution is 2.48. The van der Waals surface area contributed by atoms with Gasteiger partial charge in [0.05, 0.1) is 12.0 Å². The van der Waals surface area contributed by atoms with E-state index in [9.17, 15) is 0 Å². The monoisotopic (exact) mass is 371 g/mol. The Labute approximate surface area is 162 Å². The van der Waals surface area contributed by atoms with Crippen molar-refractivity contribution in [2.75, 3.05) is 0 Å². The number of rotatable bonds is 1. The fraction of sp³-hybridized carbons (Fsp3) is 0.292. The standard InChI is InChI=1S/C24H21NOS/c1-14-8-10-17-20(13-14)27-24-22(17)23(19-7-4-12-26-19)21-16-6-3-2-5-15(16)9-11-18(21)25-24/h2-7,12,14H,8-11,13H2,1H3/t14-/m1/s1. The molecule has 0 N–H and O–H groups in total. The predicted octanol–water partition coefficient (Wildman–Crippen LogP) is 6.45. The third kappa shape index (κ3) is 2.28. The van der Waals surface area contributed by atoms with E-state index in [2.05, 4.69) is 37.3 Å². The number of hydrogen-bond donors (Lipinski definition) is 0. The molecule has 0 spiro atoms. The Morgan fingerprint density at radius 2 is 1.96 bits per heavy atom. The summed E-state index contributed by atoms with van der Waals surface area (Å²) >= 11 is 1.92. The largest absolute Gasteiger partial charge is 0.464 e. The van der Waals surface area contributed by atoms with Gasteiger partial charge in [-0.1, -0.05) is 31.2 Å². The first-order valence-corrected chi connectivity index (χ1v) is 10.7. The van der Waals surface area contributed by atoms with Crippen LogP contribution in [0.25, 0.3) is 32.7 Å². The van der Waals surface area contributed by atoms with Gasteiger partial charge in [0.25, 0.3) is 0 Å². The maximum Gasteiger partial charge on any atom is 0.135 e. The van der Waals surface area contributed by atoms with Crippen LogP contribution in [-0.4, -0.2) is 4.98 Å². The van der Waals surface area contributed by atoms with Crippen molar-refractivity contribution >= 4 is 21.6 Å². The lowest BCUT2D eigenvalue weighted by Crippen LogP contribution is -2.10. The second-order valence-electron chi connectivity index (χ2n) is 7.97. The van der Waals surface area contributed by atoms with Gasteiger partial charge in [0, 0.05) is 21.4 Å². The Hall–Kier alpha value is -2.39. The van der Waals surface area contributed by atoms with Crippen molar-refractivity contribution in [2.24, 2.45) is 5.92 Å². The first kappa shape index (κ1) is 15.6. The van der Waals surface area contributed by atoms with Gasteiger partial charge >= 0.3 is 0 Å². The minimum Gasteiger partial charge on any atom is -0.464 e. The molecule has 134 valence electrons. The molecular formula is C24H21NOS. The van der Waals surface area contributed by atoms with Crippen LogP contribution >= 0.6 is 11.3 Å². The second kappa shape index (κ2) is 5.80. The molecule has 2 aliphatic carbocycles. The fourth-order valence-corrected chi connectivity index (χ4v) is 6.31. The number of aryl methyl sites for hydroxylation is 3. The zero-order valence-electron chi connectivity index (χ0n) is 15.4. The van der Waals surface area contributed by atoms with Crippen LogP contribution in [0.3, 0.4) is 0 Å². The van der Waals surface area contributed by atoms with E-state index >= 15 is 0 Å². The van der Waals surface area contributed by atoms with E-state index < -0.39 is 0 Å². The molecule has 3 aromatic heterocycles. The van der Waals surface area contributed by atoms with Crippen molar-refractivity contribution in [1.29, 1.82) is 0 Å². The minimum atomic E-state index is 0.771. The maximum atomic E-state index is 5.97. The quantitative estimate of drug-likeness (QED) is 0.384. The molecule has 6 rings (SSSR count). The molecule has 0 saturated heterocycles. The van der Waals surface area contributed by atoms with Crippen LogP contribution < -0.4 is 0 Å². The second-order valence-corrected chi connectivity index (χ2v) is 9.06. The molecule has 2 nitrogen and oxygen atoms in total. The molecule has 4 aromatic rings. The molecule has 0 saturated carbocycles. The van der Waals surface area contributed by atoms with Gasteiger partial charge in [0.1, 0.15) is 10.6 Å². The Morgan fingerprint density at radius 1 is 1.04 bits per heavy atom. The minimum absolute atomic E-state index is 0.771. The summed E-state index contributed by atoms with van der Waals surface area (Å²) in [5.74, 6) is 1.75. The van der Waals surface area contributed by atoms with Crippen LogP contribution in [0.4, 0.5) is 0 Å². The van der Waals surface area contributed by atoms with Crippen molar-refractivity contribution < 1.29 is 4.42 Å². The fourth-order valence-electron chi connectivity index (χ4n) is 4.89. The van der Waals surface area contributed by atoms with Crippen LogP contribution in [0, 0.1) is 5.92 Å². The summed E-state index contributed by atoms with van der Waals surface area (Å²) in [6.07, 6.45) is 7.49. The molecule has 27 heavy (non-hydrogen) atoms. The average Bonchev–Trinajstić information content (AvgIpc) is 3.33. The number of benzene rings is 1. The number of fused-ring (bicyclic) bond motifs is 6. The SMILES string of the molecule is C[C@@H]1CCc2c(sc3nc4c(c(-c5ccco5)c23)-c2ccccc2CC4)C1. The van der Waals surface area contributed by atoms with Crippen molar-refractivity contribution in [3.05, 3.63) is 64.4 Å². The molecule has 0 radical (unpaired) electrons. The van der Waals surface area contributed by atoms with Crippen molar-refractivity contribution in [2.45, 2.75) is 39.0 Å². The molecule has 1 aromatic carbocycles. The average molecular weight is 372 g/mol. The molecule has 0 amide bonds. The third-order valence-electron chi connectivity index (χ3n) is 6.20. The van der Waals surface area contributed by atoms with E-state index in [0.29, 0.717) is 0 Å². The molecule has 0 aliphatic heterocycles. The van der Waals surface area contributed by atoms with Crippen LogP contribution in [-0.2, 0) is 25.7 Å². The van der Waals surface area contributed by atoms with Gasteiger partial charge < -0.3 is 4.42 Å². The summed E-state index contributed by atoms with van der Waals surface area (Å²) < 4.78 is 5.97. The first-order valence-electron chi connectivity index (χ1n) is 9.89. The molecule has 0 bridgehead atoms. The predicted molar refractivity (Wildman–Crippen MR) is 111 cm³/mol. The Balaban J connectivity index is 1.76. The Bertz CT molecular complexity index is 1170. The highest BCUT2D eigenvalue weighted by Gasteiger charge is 2.29. The summed E-state index contributed by atoms with van der Waals surface area (Å²) in [5.41, 5.74) is 8.11. The zero-order chi connectivity index (χ0) is 18.0. The van der Waals surface area contributed by atoms with Gasteiger partial charge in [0.2, 0.25) is 0 Å². The molecule has 0 unspecified atom stereocenters. The van der Waals surface area contributed by atoms with E-state index in [1.54, 1.807) is 11.1 Å². The number of hydrogen-bond acceptors (Lipinski definition) is 3. The Kier molecular flexibility index (Phi) is 3.36. The summed E-state index contributed by atoms with van der Waals surface area (Å²) in [6, 6.07) is 12.9. The van der Waals surface area contributed by atoms with Crippen LogP contribution in [0.1, 0.15) is 35.0 Å². The highest BCUT2D eigenvalue weighted by atomic mass is 32.1.